The second-order valence-electron chi connectivity index (χ2n) is 4.57. The molecule has 17 heavy (non-hydrogen) atoms. The first-order valence-electron chi connectivity index (χ1n) is 5.78. The molecule has 0 saturated carbocycles. The van der Waals surface area contributed by atoms with E-state index in [2.05, 4.69) is 11.9 Å². The molecule has 1 aromatic rings. The van der Waals surface area contributed by atoms with Gasteiger partial charge in [-0.15, -0.1) is 0 Å². The van der Waals surface area contributed by atoms with Crippen LogP contribution >= 0.6 is 11.6 Å². The highest BCUT2D eigenvalue weighted by Crippen LogP contribution is 2.20. The van der Waals surface area contributed by atoms with E-state index < -0.39 is 0 Å². The third-order valence-electron chi connectivity index (χ3n) is 3.35. The molecule has 1 aliphatic rings. The second-order valence-corrected chi connectivity index (χ2v) is 4.91. The highest BCUT2D eigenvalue weighted by atomic mass is 35.5. The molecule has 1 amide bonds. The number of likely N-dealkylation sites (N-methyl/N-ethyl adjacent to an activating group) is 2. The monoisotopic (exact) mass is 256 g/mol. The van der Waals surface area contributed by atoms with Gasteiger partial charge in [0, 0.05) is 19.6 Å². The molecule has 0 bridgehead atoms. The zero-order chi connectivity index (χ0) is 12.4. The molecule has 0 aromatic carbocycles. The quantitative estimate of drug-likeness (QED) is 0.831. The van der Waals surface area contributed by atoms with E-state index in [4.69, 9.17) is 16.0 Å². The average Bonchev–Trinajstić information content (AvgIpc) is 2.88. The summed E-state index contributed by atoms with van der Waals surface area (Å²) < 4.78 is 4.93. The number of furan rings is 1. The van der Waals surface area contributed by atoms with Crippen molar-refractivity contribution < 1.29 is 9.21 Å². The Hall–Kier alpha value is -1.00. The number of hydrogen-bond donors (Lipinski definition) is 0. The average molecular weight is 257 g/mol. The SMILES string of the molecule is CN(CC1CCCN1C)C(=O)c1ccoc1Cl. The lowest BCUT2D eigenvalue weighted by Gasteiger charge is -2.25. The normalized spacial score (nSPS) is 20.8. The van der Waals surface area contributed by atoms with Gasteiger partial charge in [0.15, 0.2) is 0 Å². The van der Waals surface area contributed by atoms with E-state index in [1.165, 1.54) is 12.7 Å². The molecule has 1 unspecified atom stereocenters. The van der Waals surface area contributed by atoms with E-state index >= 15 is 0 Å². The summed E-state index contributed by atoms with van der Waals surface area (Å²) in [6, 6.07) is 2.06. The van der Waals surface area contributed by atoms with Crippen molar-refractivity contribution in [1.82, 2.24) is 9.80 Å². The van der Waals surface area contributed by atoms with Crippen molar-refractivity contribution in [1.29, 1.82) is 0 Å². The number of amides is 1. The van der Waals surface area contributed by atoms with Crippen LogP contribution in [0.15, 0.2) is 16.7 Å². The van der Waals surface area contributed by atoms with Crippen molar-refractivity contribution in [3.8, 4) is 0 Å². The zero-order valence-corrected chi connectivity index (χ0v) is 10.9. The molecule has 0 N–H and O–H groups in total. The highest BCUT2D eigenvalue weighted by molar-refractivity contribution is 6.32. The maximum atomic E-state index is 12.1. The van der Waals surface area contributed by atoms with Crippen LogP contribution in [0.2, 0.25) is 5.22 Å². The van der Waals surface area contributed by atoms with E-state index in [9.17, 15) is 4.79 Å². The molecule has 0 aliphatic carbocycles. The summed E-state index contributed by atoms with van der Waals surface area (Å²) >= 11 is 5.80. The maximum Gasteiger partial charge on any atom is 0.258 e. The fraction of sp³-hybridized carbons (Fsp3) is 0.583. The van der Waals surface area contributed by atoms with E-state index in [-0.39, 0.29) is 11.1 Å². The van der Waals surface area contributed by atoms with Crippen molar-refractivity contribution >= 4 is 17.5 Å². The van der Waals surface area contributed by atoms with Gasteiger partial charge < -0.3 is 14.2 Å². The fourth-order valence-electron chi connectivity index (χ4n) is 2.26. The van der Waals surface area contributed by atoms with Gasteiger partial charge >= 0.3 is 0 Å². The van der Waals surface area contributed by atoms with Gasteiger partial charge in [-0.3, -0.25) is 4.79 Å². The first-order valence-corrected chi connectivity index (χ1v) is 6.16. The number of likely N-dealkylation sites (tertiary alicyclic amines) is 1. The number of hydrogen-bond acceptors (Lipinski definition) is 3. The molecular weight excluding hydrogens is 240 g/mol. The molecule has 0 spiro atoms. The molecular formula is C12H17ClN2O2. The van der Waals surface area contributed by atoms with E-state index in [1.807, 2.05) is 0 Å². The Morgan fingerprint density at radius 2 is 2.47 bits per heavy atom. The number of carbonyl (C=O) groups is 1. The van der Waals surface area contributed by atoms with Crippen LogP contribution in [-0.4, -0.2) is 48.9 Å². The first-order chi connectivity index (χ1) is 8.09. The van der Waals surface area contributed by atoms with Crippen LogP contribution in [0.1, 0.15) is 23.2 Å². The fourth-order valence-corrected chi connectivity index (χ4v) is 2.46. The van der Waals surface area contributed by atoms with Gasteiger partial charge in [0.1, 0.15) is 0 Å². The van der Waals surface area contributed by atoms with Gasteiger partial charge in [-0.1, -0.05) is 0 Å². The minimum absolute atomic E-state index is 0.0796. The maximum absolute atomic E-state index is 12.1. The summed E-state index contributed by atoms with van der Waals surface area (Å²) in [5.41, 5.74) is 0.440. The summed E-state index contributed by atoms with van der Waals surface area (Å²) in [5, 5.41) is 0.168. The van der Waals surface area contributed by atoms with Crippen LogP contribution < -0.4 is 0 Å². The van der Waals surface area contributed by atoms with Crippen molar-refractivity contribution in [2.24, 2.45) is 0 Å². The Kier molecular flexibility index (Phi) is 3.74. The first kappa shape index (κ1) is 12.5. The number of rotatable bonds is 3. The molecule has 5 heteroatoms. The predicted molar refractivity (Wildman–Crippen MR) is 66.3 cm³/mol. The van der Waals surface area contributed by atoms with Gasteiger partial charge in [0.25, 0.3) is 5.91 Å². The number of carbonyl (C=O) groups excluding carboxylic acids is 1. The van der Waals surface area contributed by atoms with Crippen LogP contribution in [-0.2, 0) is 0 Å². The summed E-state index contributed by atoms with van der Waals surface area (Å²) in [6.45, 7) is 1.84. The highest BCUT2D eigenvalue weighted by Gasteiger charge is 2.25. The molecule has 4 nitrogen and oxygen atoms in total. The molecule has 1 atom stereocenters. The standard InChI is InChI=1S/C12H17ClN2O2/c1-14-6-3-4-9(14)8-15(2)12(16)10-5-7-17-11(10)13/h5,7,9H,3-4,6,8H2,1-2H3. The Balaban J connectivity index is 1.98. The zero-order valence-electron chi connectivity index (χ0n) is 10.1. The Morgan fingerprint density at radius 1 is 1.71 bits per heavy atom. The van der Waals surface area contributed by atoms with Crippen LogP contribution in [0, 0.1) is 0 Å². The Labute approximate surface area is 106 Å². The smallest absolute Gasteiger partial charge is 0.258 e. The summed E-state index contributed by atoms with van der Waals surface area (Å²) in [7, 11) is 3.90. The topological polar surface area (TPSA) is 36.7 Å². The lowest BCUT2D eigenvalue weighted by Crippen LogP contribution is -2.39. The lowest BCUT2D eigenvalue weighted by molar-refractivity contribution is 0.0761. The van der Waals surface area contributed by atoms with Crippen LogP contribution in [0.5, 0.6) is 0 Å². The van der Waals surface area contributed by atoms with Crippen LogP contribution in [0.4, 0.5) is 0 Å². The number of halogens is 1. The van der Waals surface area contributed by atoms with Crippen LogP contribution in [0.25, 0.3) is 0 Å². The minimum atomic E-state index is -0.0796. The molecule has 94 valence electrons. The van der Waals surface area contributed by atoms with Crippen molar-refractivity contribution in [2.45, 2.75) is 18.9 Å². The minimum Gasteiger partial charge on any atom is -0.452 e. The largest absolute Gasteiger partial charge is 0.452 e. The molecule has 1 saturated heterocycles. The third kappa shape index (κ3) is 2.64. The molecule has 1 fully saturated rings. The Bertz CT molecular complexity index is 405. The molecule has 2 heterocycles. The van der Waals surface area contributed by atoms with E-state index in [0.29, 0.717) is 11.6 Å². The van der Waals surface area contributed by atoms with Gasteiger partial charge in [-0.25, -0.2) is 0 Å². The van der Waals surface area contributed by atoms with Gasteiger partial charge in [-0.2, -0.15) is 0 Å². The molecule has 0 radical (unpaired) electrons. The summed E-state index contributed by atoms with van der Waals surface area (Å²) in [5.74, 6) is -0.0796. The van der Waals surface area contributed by atoms with Crippen molar-refractivity contribution in [3.63, 3.8) is 0 Å². The van der Waals surface area contributed by atoms with E-state index in [0.717, 1.165) is 19.5 Å². The predicted octanol–water partition coefficient (Wildman–Crippen LogP) is 2.10. The molecule has 2 rings (SSSR count). The van der Waals surface area contributed by atoms with Gasteiger partial charge in [0.05, 0.1) is 11.8 Å². The lowest BCUT2D eigenvalue weighted by atomic mass is 10.2. The third-order valence-corrected chi connectivity index (χ3v) is 3.64. The second kappa shape index (κ2) is 5.10. The van der Waals surface area contributed by atoms with Crippen LogP contribution in [0.3, 0.4) is 0 Å². The summed E-state index contributed by atoms with van der Waals surface area (Å²) in [4.78, 5) is 16.1. The molecule has 1 aliphatic heterocycles. The van der Waals surface area contributed by atoms with Gasteiger partial charge in [0.2, 0.25) is 5.22 Å². The van der Waals surface area contributed by atoms with Crippen molar-refractivity contribution in [2.75, 3.05) is 27.2 Å². The number of nitrogens with zero attached hydrogens (tertiary/aromatic N) is 2. The van der Waals surface area contributed by atoms with E-state index in [1.54, 1.807) is 18.0 Å². The van der Waals surface area contributed by atoms with Gasteiger partial charge in [-0.05, 0) is 44.1 Å². The Morgan fingerprint density at radius 3 is 3.00 bits per heavy atom. The molecule has 1 aromatic heterocycles. The van der Waals surface area contributed by atoms with Crippen molar-refractivity contribution in [3.05, 3.63) is 23.1 Å². The summed E-state index contributed by atoms with van der Waals surface area (Å²) in [6.07, 6.45) is 3.79.